The molecule has 0 N–H and O–H groups in total. The van der Waals surface area contributed by atoms with Crippen LogP contribution in [0.5, 0.6) is 0 Å². The molecule has 3 heterocycles. The number of hydrogen-bond acceptors (Lipinski definition) is 7. The largest absolute Gasteiger partial charge is 0.233 e. The Kier molecular flexibility index (Phi) is 6.31. The zero-order valence-corrected chi connectivity index (χ0v) is 24.8. The van der Waals surface area contributed by atoms with Crippen LogP contribution < -0.4 is 0 Å². The molecule has 1 aliphatic carbocycles. The molecule has 0 fully saturated rings. The minimum Gasteiger partial charge on any atom is -0.233 e. The van der Waals surface area contributed by atoms with Gasteiger partial charge in [-0.05, 0) is 13.8 Å². The lowest BCUT2D eigenvalue weighted by Crippen LogP contribution is -2.19. The van der Waals surface area contributed by atoms with Crippen LogP contribution in [0.2, 0.25) is 0 Å². The first kappa shape index (κ1) is 26.7. The lowest BCUT2D eigenvalue weighted by Gasteiger charge is -2.20. The van der Waals surface area contributed by atoms with Gasteiger partial charge in [0, 0.05) is 39.6 Å². The maximum Gasteiger partial charge on any atom is 0.201 e. The van der Waals surface area contributed by atoms with Gasteiger partial charge in [-0.3, -0.25) is 0 Å². The molecule has 0 unspecified atom stereocenters. The van der Waals surface area contributed by atoms with Crippen LogP contribution in [-0.4, -0.2) is 34.9 Å². The number of hydrogen-bond donors (Lipinski definition) is 0. The van der Waals surface area contributed by atoms with Crippen LogP contribution in [0.3, 0.4) is 0 Å². The molecule has 3 aromatic heterocycles. The minimum absolute atomic E-state index is 0.414. The second-order valence-corrected chi connectivity index (χ2v) is 11.5. The molecule has 7 nitrogen and oxygen atoms in total. The first-order valence-electron chi connectivity index (χ1n) is 14.8. The quantitative estimate of drug-likeness (QED) is 0.203. The van der Waals surface area contributed by atoms with Gasteiger partial charge in [-0.25, -0.2) is 34.9 Å². The number of nitrogens with zero attached hydrogens (tertiary/aromatic N) is 7. The maximum absolute atomic E-state index is 5.17. The van der Waals surface area contributed by atoms with Gasteiger partial charge in [0.15, 0.2) is 23.3 Å². The summed E-state index contributed by atoms with van der Waals surface area (Å²) < 4.78 is 0. The first-order valence-corrected chi connectivity index (χ1v) is 14.8. The van der Waals surface area contributed by atoms with Crippen molar-refractivity contribution in [3.63, 3.8) is 0 Å². The Morgan fingerprint density at radius 1 is 0.400 bits per heavy atom. The van der Waals surface area contributed by atoms with E-state index in [-0.39, 0.29) is 0 Å². The molecule has 0 saturated heterocycles. The smallest absolute Gasteiger partial charge is 0.201 e. The third-order valence-corrected chi connectivity index (χ3v) is 8.13. The van der Waals surface area contributed by atoms with Crippen LogP contribution in [0.25, 0.3) is 68.2 Å². The van der Waals surface area contributed by atoms with E-state index in [0.29, 0.717) is 29.1 Å². The van der Waals surface area contributed by atoms with Crippen LogP contribution in [0, 0.1) is 0 Å². The van der Waals surface area contributed by atoms with Gasteiger partial charge in [-0.1, -0.05) is 121 Å². The molecule has 0 aliphatic heterocycles. The van der Waals surface area contributed by atoms with E-state index in [1.807, 2.05) is 115 Å². The number of benzene rings is 4. The molecular weight excluding hydrogens is 554 g/mol. The molecule has 1 aliphatic rings. The van der Waals surface area contributed by atoms with E-state index >= 15 is 0 Å². The van der Waals surface area contributed by atoms with E-state index in [0.717, 1.165) is 50.5 Å². The Bertz CT molecular complexity index is 2110. The Morgan fingerprint density at radius 3 is 1.33 bits per heavy atom. The molecule has 0 spiro atoms. The second-order valence-electron chi connectivity index (χ2n) is 11.5. The van der Waals surface area contributed by atoms with Crippen molar-refractivity contribution >= 4 is 0 Å². The molecule has 0 bridgehead atoms. The summed E-state index contributed by atoms with van der Waals surface area (Å²) in [7, 11) is 0. The van der Waals surface area contributed by atoms with Crippen molar-refractivity contribution in [3.8, 4) is 68.2 Å². The molecule has 45 heavy (non-hydrogen) atoms. The lowest BCUT2D eigenvalue weighted by atomic mass is 9.88. The third-order valence-electron chi connectivity index (χ3n) is 8.13. The molecule has 4 aromatic carbocycles. The van der Waals surface area contributed by atoms with Crippen molar-refractivity contribution in [2.75, 3.05) is 0 Å². The summed E-state index contributed by atoms with van der Waals surface area (Å²) in [5.74, 6) is 2.66. The summed E-state index contributed by atoms with van der Waals surface area (Å²) in [6, 6.07) is 40.1. The van der Waals surface area contributed by atoms with Crippen molar-refractivity contribution in [2.24, 2.45) is 0 Å². The summed E-state index contributed by atoms with van der Waals surface area (Å²) in [4.78, 5) is 34.9. The van der Waals surface area contributed by atoms with Crippen molar-refractivity contribution < 1.29 is 0 Å². The summed E-state index contributed by atoms with van der Waals surface area (Å²) in [6.45, 7) is 4.31. The second kappa shape index (κ2) is 10.6. The van der Waals surface area contributed by atoms with E-state index < -0.39 is 5.41 Å². The van der Waals surface area contributed by atoms with Gasteiger partial charge in [-0.2, -0.15) is 0 Å². The molecule has 0 saturated carbocycles. The van der Waals surface area contributed by atoms with E-state index in [9.17, 15) is 0 Å². The van der Waals surface area contributed by atoms with Gasteiger partial charge in [0.1, 0.15) is 0 Å². The monoisotopic (exact) mass is 581 g/mol. The summed E-state index contributed by atoms with van der Waals surface area (Å²) in [6.07, 6.45) is 1.87. The fourth-order valence-corrected chi connectivity index (χ4v) is 5.86. The molecule has 214 valence electrons. The predicted molar refractivity (Wildman–Crippen MR) is 176 cm³/mol. The van der Waals surface area contributed by atoms with Crippen molar-refractivity contribution in [1.29, 1.82) is 0 Å². The molecule has 7 aromatic rings. The van der Waals surface area contributed by atoms with Gasteiger partial charge >= 0.3 is 0 Å². The predicted octanol–water partition coefficient (Wildman–Crippen LogP) is 8.09. The van der Waals surface area contributed by atoms with Gasteiger partial charge in [0.2, 0.25) is 5.82 Å². The van der Waals surface area contributed by atoms with Crippen molar-refractivity contribution in [3.05, 3.63) is 139 Å². The number of aromatic nitrogens is 7. The van der Waals surface area contributed by atoms with Crippen LogP contribution in [0.4, 0.5) is 0 Å². The summed E-state index contributed by atoms with van der Waals surface area (Å²) in [5, 5.41) is 0. The molecule has 7 heteroatoms. The highest BCUT2D eigenvalue weighted by atomic mass is 15.1. The zero-order chi connectivity index (χ0) is 30.4. The molecule has 0 atom stereocenters. The Balaban J connectivity index is 1.32. The van der Waals surface area contributed by atoms with E-state index in [1.165, 1.54) is 0 Å². The lowest BCUT2D eigenvalue weighted by molar-refractivity contribution is 0.614. The average molecular weight is 582 g/mol. The molecular formula is C38H27N7. The van der Waals surface area contributed by atoms with E-state index in [4.69, 9.17) is 34.9 Å². The Hall–Kier alpha value is -5.95. The van der Waals surface area contributed by atoms with Crippen LogP contribution in [0.15, 0.2) is 128 Å². The third kappa shape index (κ3) is 4.66. The first-order chi connectivity index (χ1) is 22.1. The van der Waals surface area contributed by atoms with Crippen molar-refractivity contribution in [2.45, 2.75) is 19.3 Å². The highest BCUT2D eigenvalue weighted by Gasteiger charge is 2.42. The molecule has 0 radical (unpaired) electrons. The summed E-state index contributed by atoms with van der Waals surface area (Å²) >= 11 is 0. The van der Waals surface area contributed by atoms with Gasteiger partial charge in [0.25, 0.3) is 0 Å². The SMILES string of the molecule is CC1(C)c2nc(-c3nc(-c4ccccc4)nc(-c4ccccc4)n3)ncc2-c2c(-c3ccccc3)nc(-c3ccccc3)nc21. The van der Waals surface area contributed by atoms with Gasteiger partial charge in [0.05, 0.1) is 22.5 Å². The highest BCUT2D eigenvalue weighted by molar-refractivity contribution is 5.89. The van der Waals surface area contributed by atoms with Crippen molar-refractivity contribution in [1.82, 2.24) is 34.9 Å². The fraction of sp³-hybridized carbons (Fsp3) is 0.0789. The maximum atomic E-state index is 5.17. The highest BCUT2D eigenvalue weighted by Crippen LogP contribution is 2.50. The Labute approximate surface area is 260 Å². The summed E-state index contributed by atoms with van der Waals surface area (Å²) in [5.41, 5.74) is 7.74. The average Bonchev–Trinajstić information content (AvgIpc) is 3.34. The normalized spacial score (nSPS) is 12.8. The number of fused-ring (bicyclic) bond motifs is 3. The minimum atomic E-state index is -0.532. The van der Waals surface area contributed by atoms with Gasteiger partial charge < -0.3 is 0 Å². The topological polar surface area (TPSA) is 90.2 Å². The zero-order valence-electron chi connectivity index (χ0n) is 24.8. The van der Waals surface area contributed by atoms with E-state index in [2.05, 4.69) is 26.0 Å². The van der Waals surface area contributed by atoms with Crippen LogP contribution >= 0.6 is 0 Å². The molecule has 8 rings (SSSR count). The fourth-order valence-electron chi connectivity index (χ4n) is 5.86. The van der Waals surface area contributed by atoms with Crippen LogP contribution in [-0.2, 0) is 5.41 Å². The van der Waals surface area contributed by atoms with Crippen LogP contribution in [0.1, 0.15) is 25.2 Å². The van der Waals surface area contributed by atoms with E-state index in [1.54, 1.807) is 0 Å². The number of rotatable bonds is 5. The standard InChI is InChI=1S/C38H27N7/c1-38(2)31-28(29-30(24-15-7-3-8-16-24)40-33(42-32(29)38)25-17-9-4-10-18-25)23-39-36(41-31)37-44-34(26-19-11-5-12-20-26)43-35(45-37)27-21-13-6-14-22-27/h3-23H,1-2H3. The van der Waals surface area contributed by atoms with Gasteiger partial charge in [-0.15, -0.1) is 0 Å². The molecule has 0 amide bonds. The Morgan fingerprint density at radius 2 is 0.822 bits per heavy atom.